The zero-order chi connectivity index (χ0) is 24.4. The van der Waals surface area contributed by atoms with E-state index in [4.69, 9.17) is 9.47 Å². The third kappa shape index (κ3) is 4.27. The second kappa shape index (κ2) is 9.44. The monoisotopic (exact) mass is 479 g/mol. The smallest absolute Gasteiger partial charge is 0.338 e. The lowest BCUT2D eigenvalue weighted by molar-refractivity contribution is -0.384. The fraction of sp³-hybridized carbons (Fsp3) is 0.208. The molecule has 4 rings (SSSR count). The molecule has 0 unspecified atom stereocenters. The topological polar surface area (TPSA) is 113 Å². The van der Waals surface area contributed by atoms with Crippen molar-refractivity contribution in [3.63, 3.8) is 0 Å². The number of aromatic nitrogens is 1. The average molecular weight is 480 g/mol. The number of thiazole rings is 1. The normalized spacial score (nSPS) is 15.5. The van der Waals surface area contributed by atoms with Crippen molar-refractivity contribution >= 4 is 34.8 Å². The van der Waals surface area contributed by atoms with Crippen molar-refractivity contribution in [2.75, 3.05) is 13.7 Å². The highest BCUT2D eigenvalue weighted by atomic mass is 32.1. The Morgan fingerprint density at radius 2 is 1.88 bits per heavy atom. The zero-order valence-electron chi connectivity index (χ0n) is 18.7. The summed E-state index contributed by atoms with van der Waals surface area (Å²) in [5.41, 5.74) is 1.68. The number of fused-ring (bicyclic) bond motifs is 1. The first-order valence-corrected chi connectivity index (χ1v) is 11.2. The first-order valence-electron chi connectivity index (χ1n) is 10.4. The molecule has 1 aliphatic heterocycles. The number of carbonyl (C=O) groups excluding carboxylic acids is 1. The van der Waals surface area contributed by atoms with Crippen LogP contribution >= 0.6 is 11.3 Å². The van der Waals surface area contributed by atoms with E-state index in [-0.39, 0.29) is 23.4 Å². The van der Waals surface area contributed by atoms with E-state index in [9.17, 15) is 19.7 Å². The zero-order valence-corrected chi connectivity index (χ0v) is 19.5. The molecule has 0 aliphatic carbocycles. The van der Waals surface area contributed by atoms with Gasteiger partial charge >= 0.3 is 5.97 Å². The molecule has 3 aromatic rings. The number of benzene rings is 2. The van der Waals surface area contributed by atoms with Crippen molar-refractivity contribution in [1.82, 2.24) is 4.57 Å². The van der Waals surface area contributed by atoms with Crippen LogP contribution in [0.1, 0.15) is 31.0 Å². The first kappa shape index (κ1) is 23.1. The molecular formula is C24H21N3O6S. The highest BCUT2D eigenvalue weighted by Gasteiger charge is 2.31. The fourth-order valence-electron chi connectivity index (χ4n) is 3.69. The first-order chi connectivity index (χ1) is 16.3. The van der Waals surface area contributed by atoms with E-state index >= 15 is 0 Å². The van der Waals surface area contributed by atoms with E-state index in [0.717, 1.165) is 5.56 Å². The number of methoxy groups -OCH3 is 1. The minimum atomic E-state index is -0.758. The van der Waals surface area contributed by atoms with Crippen LogP contribution in [0.3, 0.4) is 0 Å². The third-order valence-electron chi connectivity index (χ3n) is 5.37. The van der Waals surface area contributed by atoms with E-state index in [0.29, 0.717) is 26.3 Å². The number of hydrogen-bond donors (Lipinski definition) is 0. The Hall–Kier alpha value is -4.05. The van der Waals surface area contributed by atoms with Gasteiger partial charge in [-0.3, -0.25) is 19.5 Å². The van der Waals surface area contributed by atoms with Crippen molar-refractivity contribution < 1.29 is 19.2 Å². The maximum absolute atomic E-state index is 13.2. The Morgan fingerprint density at radius 1 is 1.21 bits per heavy atom. The van der Waals surface area contributed by atoms with Crippen molar-refractivity contribution in [1.29, 1.82) is 0 Å². The summed E-state index contributed by atoms with van der Waals surface area (Å²) in [6.45, 7) is 3.53. The Kier molecular flexibility index (Phi) is 6.42. The molecule has 2 heterocycles. The predicted octanol–water partition coefficient (Wildman–Crippen LogP) is 2.82. The van der Waals surface area contributed by atoms with Gasteiger partial charge in [-0.15, -0.1) is 0 Å². The van der Waals surface area contributed by atoms with Crippen LogP contribution in [0.15, 0.2) is 63.9 Å². The minimum Gasteiger partial charge on any atom is -0.497 e. The van der Waals surface area contributed by atoms with Crippen molar-refractivity contribution in [3.05, 3.63) is 95.0 Å². The number of esters is 1. The quantitative estimate of drug-likeness (QED) is 0.305. The average Bonchev–Trinajstić information content (AvgIpc) is 3.14. The van der Waals surface area contributed by atoms with Gasteiger partial charge in [-0.25, -0.2) is 9.79 Å². The molecule has 0 N–H and O–H groups in total. The molecule has 0 amide bonds. The summed E-state index contributed by atoms with van der Waals surface area (Å²) in [6.07, 6.45) is 1.76. The van der Waals surface area contributed by atoms with Gasteiger partial charge in [-0.1, -0.05) is 23.5 Å². The summed E-state index contributed by atoms with van der Waals surface area (Å²) in [7, 11) is 1.58. The van der Waals surface area contributed by atoms with Crippen LogP contribution < -0.4 is 19.6 Å². The van der Waals surface area contributed by atoms with Gasteiger partial charge in [0.05, 0.1) is 28.7 Å². The molecule has 0 bridgehead atoms. The van der Waals surface area contributed by atoms with Gasteiger partial charge in [-0.2, -0.15) is 0 Å². The number of hydrogen-bond acceptors (Lipinski definition) is 8. The minimum absolute atomic E-state index is 0.0673. The summed E-state index contributed by atoms with van der Waals surface area (Å²) >= 11 is 1.21. The summed E-state index contributed by atoms with van der Waals surface area (Å²) < 4.78 is 12.3. The summed E-state index contributed by atoms with van der Waals surface area (Å²) in [6, 6.07) is 12.4. The Labute approximate surface area is 198 Å². The van der Waals surface area contributed by atoms with Crippen LogP contribution in [0, 0.1) is 10.1 Å². The van der Waals surface area contributed by atoms with E-state index in [2.05, 4.69) is 4.99 Å². The number of rotatable bonds is 6. The molecule has 9 nitrogen and oxygen atoms in total. The molecule has 0 radical (unpaired) electrons. The van der Waals surface area contributed by atoms with Crippen molar-refractivity contribution in [3.8, 4) is 5.75 Å². The van der Waals surface area contributed by atoms with Crippen LogP contribution in [0.5, 0.6) is 5.75 Å². The van der Waals surface area contributed by atoms with Crippen LogP contribution in [0.4, 0.5) is 5.69 Å². The summed E-state index contributed by atoms with van der Waals surface area (Å²) in [5, 5.41) is 11.0. The molecule has 1 aliphatic rings. The number of carbonyl (C=O) groups is 1. The van der Waals surface area contributed by atoms with Gasteiger partial charge in [0, 0.05) is 17.8 Å². The largest absolute Gasteiger partial charge is 0.497 e. The van der Waals surface area contributed by atoms with Gasteiger partial charge in [0.1, 0.15) is 11.8 Å². The van der Waals surface area contributed by atoms with Crippen LogP contribution in [0.25, 0.3) is 11.8 Å². The third-order valence-corrected chi connectivity index (χ3v) is 6.36. The highest BCUT2D eigenvalue weighted by molar-refractivity contribution is 7.07. The SMILES string of the molecule is CCOC(=O)C1=C(C)n2c(s/c(=C\c3ccc(OC)cc3)c2=O)=N[C@H]1c1ccc([N+](=O)[O-])cc1. The van der Waals surface area contributed by atoms with Crippen LogP contribution in [-0.2, 0) is 9.53 Å². The van der Waals surface area contributed by atoms with Gasteiger partial charge in [0.25, 0.3) is 11.2 Å². The molecule has 34 heavy (non-hydrogen) atoms. The molecular weight excluding hydrogens is 458 g/mol. The molecule has 10 heteroatoms. The maximum Gasteiger partial charge on any atom is 0.338 e. The molecule has 0 spiro atoms. The van der Waals surface area contributed by atoms with Gasteiger partial charge in [0.15, 0.2) is 4.80 Å². The van der Waals surface area contributed by atoms with Gasteiger partial charge in [0.2, 0.25) is 0 Å². The van der Waals surface area contributed by atoms with Crippen LogP contribution in [0.2, 0.25) is 0 Å². The number of allylic oxidation sites excluding steroid dienone is 1. The molecule has 2 aromatic carbocycles. The van der Waals surface area contributed by atoms with E-state index in [1.54, 1.807) is 51.3 Å². The number of non-ortho nitro benzene ring substituents is 1. The summed E-state index contributed by atoms with van der Waals surface area (Å²) in [4.78, 5) is 41.8. The van der Waals surface area contributed by atoms with E-state index in [1.165, 1.54) is 28.0 Å². The lowest BCUT2D eigenvalue weighted by atomic mass is 9.96. The molecule has 1 atom stereocenters. The highest BCUT2D eigenvalue weighted by Crippen LogP contribution is 2.33. The van der Waals surface area contributed by atoms with E-state index in [1.807, 2.05) is 12.1 Å². The molecule has 0 saturated heterocycles. The number of nitro groups is 1. The lowest BCUT2D eigenvalue weighted by Crippen LogP contribution is -2.35. The number of nitro benzene ring substituents is 1. The molecule has 174 valence electrons. The van der Waals surface area contributed by atoms with Gasteiger partial charge < -0.3 is 9.47 Å². The molecule has 1 aromatic heterocycles. The maximum atomic E-state index is 13.2. The van der Waals surface area contributed by atoms with Crippen molar-refractivity contribution in [2.24, 2.45) is 4.99 Å². The van der Waals surface area contributed by atoms with Gasteiger partial charge in [-0.05, 0) is 55.3 Å². The van der Waals surface area contributed by atoms with Crippen LogP contribution in [-0.4, -0.2) is 29.2 Å². The summed E-state index contributed by atoms with van der Waals surface area (Å²) in [5.74, 6) is 0.120. The number of nitrogens with zero attached hydrogens (tertiary/aromatic N) is 3. The Balaban J connectivity index is 1.89. The lowest BCUT2D eigenvalue weighted by Gasteiger charge is -2.22. The molecule has 0 fully saturated rings. The fourth-order valence-corrected chi connectivity index (χ4v) is 4.73. The second-order valence-corrected chi connectivity index (χ2v) is 8.42. The Bertz CT molecular complexity index is 1470. The second-order valence-electron chi connectivity index (χ2n) is 7.41. The number of ether oxygens (including phenoxy) is 2. The van der Waals surface area contributed by atoms with E-state index < -0.39 is 16.9 Å². The standard InChI is InChI=1S/C24H21N3O6S/c1-4-33-23(29)20-14(2)26-22(28)19(13-15-5-11-18(32-3)12-6-15)34-24(26)25-21(20)16-7-9-17(10-8-16)27(30)31/h5-13,21H,4H2,1-3H3/b19-13-/t21-/m0/s1. The van der Waals surface area contributed by atoms with Crippen molar-refractivity contribution in [2.45, 2.75) is 19.9 Å². The Morgan fingerprint density at radius 3 is 2.47 bits per heavy atom. The predicted molar refractivity (Wildman–Crippen MR) is 127 cm³/mol. The molecule has 0 saturated carbocycles.